The third kappa shape index (κ3) is 2.60. The first-order valence-electron chi connectivity index (χ1n) is 7.33. The highest BCUT2D eigenvalue weighted by Crippen LogP contribution is 2.36. The van der Waals surface area contributed by atoms with Gasteiger partial charge in [-0.05, 0) is 62.6 Å². The topological polar surface area (TPSA) is 21.3 Å². The Morgan fingerprint density at radius 1 is 1.25 bits per heavy atom. The van der Waals surface area contributed by atoms with Crippen LogP contribution in [-0.4, -0.2) is 13.7 Å². The number of fused-ring (bicyclic) bond motifs is 1. The van der Waals surface area contributed by atoms with Gasteiger partial charge in [-0.1, -0.05) is 12.1 Å². The van der Waals surface area contributed by atoms with Gasteiger partial charge in [0.05, 0.1) is 12.6 Å². The van der Waals surface area contributed by atoms with Crippen LogP contribution in [0, 0.1) is 0 Å². The molecule has 0 fully saturated rings. The summed E-state index contributed by atoms with van der Waals surface area (Å²) < 4.78 is 5.51. The molecule has 1 unspecified atom stereocenters. The Morgan fingerprint density at radius 3 is 2.70 bits per heavy atom. The molecule has 0 saturated heterocycles. The Kier molecular flexibility index (Phi) is 4.08. The highest BCUT2D eigenvalue weighted by atomic mass is 32.1. The summed E-state index contributed by atoms with van der Waals surface area (Å²) >= 11 is 1.97. The molecule has 3 heteroatoms. The number of benzene rings is 1. The number of ether oxygens (including phenoxy) is 1. The lowest BCUT2D eigenvalue weighted by atomic mass is 10.0. The van der Waals surface area contributed by atoms with Crippen molar-refractivity contribution in [3.63, 3.8) is 0 Å². The smallest absolute Gasteiger partial charge is 0.119 e. The van der Waals surface area contributed by atoms with Gasteiger partial charge in [-0.15, -0.1) is 11.3 Å². The van der Waals surface area contributed by atoms with Gasteiger partial charge in [0, 0.05) is 9.75 Å². The van der Waals surface area contributed by atoms with Crippen LogP contribution in [0.2, 0.25) is 0 Å². The molecule has 1 aromatic carbocycles. The molecule has 0 radical (unpaired) electrons. The number of rotatable bonds is 5. The lowest BCUT2D eigenvalue weighted by Crippen LogP contribution is -2.16. The molecule has 1 aliphatic rings. The summed E-state index contributed by atoms with van der Waals surface area (Å²) in [4.78, 5) is 3.02. The third-order valence-corrected chi connectivity index (χ3v) is 5.17. The minimum absolute atomic E-state index is 0.293. The molecule has 20 heavy (non-hydrogen) atoms. The van der Waals surface area contributed by atoms with Crippen molar-refractivity contribution >= 4 is 11.3 Å². The van der Waals surface area contributed by atoms with Gasteiger partial charge in [-0.3, -0.25) is 0 Å². The van der Waals surface area contributed by atoms with Crippen LogP contribution in [0.25, 0.3) is 0 Å². The van der Waals surface area contributed by atoms with E-state index in [2.05, 4.69) is 35.6 Å². The lowest BCUT2D eigenvalue weighted by molar-refractivity contribution is 0.340. The first-order chi connectivity index (χ1) is 9.81. The van der Waals surface area contributed by atoms with Gasteiger partial charge in [0.2, 0.25) is 0 Å². The minimum Gasteiger partial charge on any atom is -0.494 e. The molecule has 2 nitrogen and oxygen atoms in total. The molecule has 3 rings (SSSR count). The fourth-order valence-electron chi connectivity index (χ4n) is 2.89. The summed E-state index contributed by atoms with van der Waals surface area (Å²) in [5.41, 5.74) is 2.87. The first kappa shape index (κ1) is 13.7. The van der Waals surface area contributed by atoms with Gasteiger partial charge in [-0.2, -0.15) is 0 Å². The van der Waals surface area contributed by atoms with Crippen molar-refractivity contribution in [2.75, 3.05) is 13.7 Å². The monoisotopic (exact) mass is 287 g/mol. The van der Waals surface area contributed by atoms with E-state index in [1.165, 1.54) is 29.7 Å². The summed E-state index contributed by atoms with van der Waals surface area (Å²) in [7, 11) is 2.03. The lowest BCUT2D eigenvalue weighted by Gasteiger charge is -2.16. The second kappa shape index (κ2) is 5.98. The zero-order valence-corrected chi connectivity index (χ0v) is 12.9. The van der Waals surface area contributed by atoms with Crippen molar-refractivity contribution in [2.45, 2.75) is 32.2 Å². The zero-order valence-electron chi connectivity index (χ0n) is 12.1. The van der Waals surface area contributed by atoms with Crippen molar-refractivity contribution in [1.82, 2.24) is 5.32 Å². The number of hydrogen-bond donors (Lipinski definition) is 1. The Labute approximate surface area is 124 Å². The van der Waals surface area contributed by atoms with Crippen LogP contribution >= 0.6 is 11.3 Å². The fourth-order valence-corrected chi connectivity index (χ4v) is 4.29. The molecule has 106 valence electrons. The molecule has 1 aliphatic carbocycles. The maximum absolute atomic E-state index is 5.51. The van der Waals surface area contributed by atoms with Gasteiger partial charge in [0.15, 0.2) is 0 Å². The van der Waals surface area contributed by atoms with Crippen molar-refractivity contribution in [2.24, 2.45) is 0 Å². The largest absolute Gasteiger partial charge is 0.494 e. The Morgan fingerprint density at radius 2 is 2.05 bits per heavy atom. The van der Waals surface area contributed by atoms with Gasteiger partial charge in [0.1, 0.15) is 5.75 Å². The van der Waals surface area contributed by atoms with Gasteiger partial charge in [0.25, 0.3) is 0 Å². The van der Waals surface area contributed by atoms with Crippen molar-refractivity contribution in [3.8, 4) is 5.75 Å². The number of nitrogens with one attached hydrogen (secondary N) is 1. The van der Waals surface area contributed by atoms with Crippen LogP contribution in [0.1, 0.15) is 40.3 Å². The average Bonchev–Trinajstić information content (AvgIpc) is 3.03. The average molecular weight is 287 g/mol. The molecule has 1 N–H and O–H groups in total. The van der Waals surface area contributed by atoms with Crippen LogP contribution < -0.4 is 10.1 Å². The highest BCUT2D eigenvalue weighted by Gasteiger charge is 2.20. The predicted molar refractivity (Wildman–Crippen MR) is 84.9 cm³/mol. The van der Waals surface area contributed by atoms with Crippen LogP contribution in [0.4, 0.5) is 0 Å². The van der Waals surface area contributed by atoms with E-state index in [4.69, 9.17) is 4.74 Å². The van der Waals surface area contributed by atoms with Crippen LogP contribution in [0.3, 0.4) is 0 Å². The summed E-state index contributed by atoms with van der Waals surface area (Å²) in [6, 6.07) is 11.1. The Hall–Kier alpha value is -1.32. The van der Waals surface area contributed by atoms with E-state index >= 15 is 0 Å². The maximum atomic E-state index is 5.51. The normalized spacial score (nSPS) is 15.1. The minimum atomic E-state index is 0.293. The fraction of sp³-hybridized carbons (Fsp3) is 0.412. The quantitative estimate of drug-likeness (QED) is 0.899. The molecule has 0 bridgehead atoms. The molecule has 1 heterocycles. The third-order valence-electron chi connectivity index (χ3n) is 3.86. The van der Waals surface area contributed by atoms with Crippen molar-refractivity contribution < 1.29 is 4.74 Å². The van der Waals surface area contributed by atoms with Crippen LogP contribution in [0.5, 0.6) is 5.75 Å². The van der Waals surface area contributed by atoms with E-state index in [1.54, 1.807) is 10.4 Å². The van der Waals surface area contributed by atoms with E-state index in [9.17, 15) is 0 Å². The van der Waals surface area contributed by atoms with E-state index in [1.807, 2.05) is 25.3 Å². The molecule has 1 aromatic heterocycles. The van der Waals surface area contributed by atoms with Crippen molar-refractivity contribution in [3.05, 3.63) is 51.2 Å². The molecular formula is C17H21NOS. The predicted octanol–water partition coefficient (Wildman–Crippen LogP) is 3.94. The Balaban J connectivity index is 1.84. The highest BCUT2D eigenvalue weighted by molar-refractivity contribution is 7.12. The zero-order chi connectivity index (χ0) is 13.9. The van der Waals surface area contributed by atoms with Crippen molar-refractivity contribution in [1.29, 1.82) is 0 Å². The molecule has 0 amide bonds. The molecular weight excluding hydrogens is 266 g/mol. The molecule has 1 atom stereocenters. The SMILES string of the molecule is CCOc1ccc(C(NC)c2cc3c(s2)CCC3)cc1. The maximum Gasteiger partial charge on any atom is 0.119 e. The first-order valence-corrected chi connectivity index (χ1v) is 8.15. The molecule has 0 aliphatic heterocycles. The van der Waals surface area contributed by atoms with Gasteiger partial charge >= 0.3 is 0 Å². The number of aryl methyl sites for hydroxylation is 2. The van der Waals surface area contributed by atoms with E-state index < -0.39 is 0 Å². The van der Waals surface area contributed by atoms with E-state index in [0.29, 0.717) is 12.6 Å². The molecule has 0 spiro atoms. The van der Waals surface area contributed by atoms with Crippen LogP contribution in [0.15, 0.2) is 30.3 Å². The summed E-state index contributed by atoms with van der Waals surface area (Å²) in [6.07, 6.45) is 3.85. The van der Waals surface area contributed by atoms with Gasteiger partial charge in [-0.25, -0.2) is 0 Å². The Bertz CT molecular complexity index is 552. The van der Waals surface area contributed by atoms with Gasteiger partial charge < -0.3 is 10.1 Å². The second-order valence-corrected chi connectivity index (χ2v) is 6.34. The molecule has 2 aromatic rings. The number of hydrogen-bond acceptors (Lipinski definition) is 3. The van der Waals surface area contributed by atoms with E-state index in [0.717, 1.165) is 5.75 Å². The molecule has 0 saturated carbocycles. The summed E-state index contributed by atoms with van der Waals surface area (Å²) in [6.45, 7) is 2.73. The second-order valence-electron chi connectivity index (χ2n) is 5.17. The number of thiophene rings is 1. The standard InChI is InChI=1S/C17H21NOS/c1-3-19-14-9-7-12(8-10-14)17(18-2)16-11-13-5-4-6-15(13)20-16/h7-11,17-18H,3-6H2,1-2H3. The van der Waals surface area contributed by atoms with Crippen LogP contribution in [-0.2, 0) is 12.8 Å². The summed E-state index contributed by atoms with van der Waals surface area (Å²) in [5.74, 6) is 0.944. The summed E-state index contributed by atoms with van der Waals surface area (Å²) in [5, 5.41) is 3.44. The van der Waals surface area contributed by atoms with E-state index in [-0.39, 0.29) is 0 Å².